The van der Waals surface area contributed by atoms with Gasteiger partial charge in [-0.2, -0.15) is 0 Å². The monoisotopic (exact) mass is 141 g/mol. The molecule has 55 valence electrons. The molecule has 1 aliphatic heterocycles. The largest absolute Gasteiger partial charge is 0.285 e. The molecule has 4 heteroatoms. The number of hydrazine groups is 1. The maximum atomic E-state index is 10.6. The van der Waals surface area contributed by atoms with Crippen LogP contribution in [0.3, 0.4) is 0 Å². The molecule has 1 aliphatic rings. The van der Waals surface area contributed by atoms with Gasteiger partial charge in [0.1, 0.15) is 0 Å². The van der Waals surface area contributed by atoms with Crippen molar-refractivity contribution in [2.24, 2.45) is 0 Å². The van der Waals surface area contributed by atoms with Gasteiger partial charge in [0.2, 0.25) is 0 Å². The molecular weight excluding hydrogens is 132 g/mol. The molecule has 4 nitrogen and oxygen atoms in total. The van der Waals surface area contributed by atoms with Gasteiger partial charge in [0.05, 0.1) is 6.61 Å². The molecule has 0 bridgehead atoms. The second-order valence-corrected chi connectivity index (χ2v) is 2.03. The van der Waals surface area contributed by atoms with E-state index in [-0.39, 0.29) is 12.5 Å². The normalized spacial score (nSPS) is 19.1. The zero-order valence-electron chi connectivity index (χ0n) is 5.54. The Morgan fingerprint density at radius 3 is 3.10 bits per heavy atom. The van der Waals surface area contributed by atoms with Crippen LogP contribution in [0, 0.1) is 0 Å². The summed E-state index contributed by atoms with van der Waals surface area (Å²) in [7, 11) is 0. The molecule has 0 fully saturated rings. The van der Waals surface area contributed by atoms with Gasteiger partial charge in [0, 0.05) is 19.2 Å². The number of hydrogen-bond acceptors (Lipinski definition) is 2. The predicted octanol–water partition coefficient (Wildman–Crippen LogP) is -0.680. The van der Waals surface area contributed by atoms with Gasteiger partial charge in [0.15, 0.2) is 0 Å². The van der Waals surface area contributed by atoms with Gasteiger partial charge in [-0.05, 0) is 0 Å². The highest BCUT2D eigenvalue weighted by Gasteiger charge is 2.08. The van der Waals surface area contributed by atoms with E-state index in [1.54, 1.807) is 11.1 Å². The van der Waals surface area contributed by atoms with Crippen molar-refractivity contribution >= 4 is 5.91 Å². The standard InChI is InChI=1S/C6H9N2O2/c9-5-4-8-3-1-2-6(10)7-8/h1-2H,3-5H2,(H,7,10). The van der Waals surface area contributed by atoms with Gasteiger partial charge < -0.3 is 0 Å². The van der Waals surface area contributed by atoms with Crippen LogP contribution in [-0.2, 0) is 9.90 Å². The topological polar surface area (TPSA) is 52.2 Å². The highest BCUT2D eigenvalue weighted by atomic mass is 16.3. The first-order valence-corrected chi connectivity index (χ1v) is 3.13. The van der Waals surface area contributed by atoms with Crippen LogP contribution in [0.25, 0.3) is 0 Å². The van der Waals surface area contributed by atoms with Crippen LogP contribution in [0.4, 0.5) is 0 Å². The van der Waals surface area contributed by atoms with E-state index in [9.17, 15) is 9.90 Å². The molecule has 1 amide bonds. The molecule has 1 rings (SSSR count). The van der Waals surface area contributed by atoms with Crippen molar-refractivity contribution in [3.63, 3.8) is 0 Å². The molecule has 1 heterocycles. The van der Waals surface area contributed by atoms with Gasteiger partial charge in [-0.3, -0.25) is 10.2 Å². The molecular formula is C6H9N2O2. The summed E-state index contributed by atoms with van der Waals surface area (Å²) in [5, 5.41) is 11.7. The van der Waals surface area contributed by atoms with Gasteiger partial charge in [-0.15, -0.1) is 0 Å². The van der Waals surface area contributed by atoms with Gasteiger partial charge >= 0.3 is 0 Å². The first-order chi connectivity index (χ1) is 4.83. The first-order valence-electron chi connectivity index (χ1n) is 3.13. The maximum absolute atomic E-state index is 10.6. The molecule has 10 heavy (non-hydrogen) atoms. The molecule has 0 atom stereocenters. The summed E-state index contributed by atoms with van der Waals surface area (Å²) in [6, 6.07) is 0. The summed E-state index contributed by atoms with van der Waals surface area (Å²) in [6.07, 6.45) is 3.19. The second kappa shape index (κ2) is 3.34. The lowest BCUT2D eigenvalue weighted by Crippen LogP contribution is -2.45. The van der Waals surface area contributed by atoms with Crippen molar-refractivity contribution < 1.29 is 9.90 Å². The summed E-state index contributed by atoms with van der Waals surface area (Å²) < 4.78 is 0. The molecule has 1 N–H and O–H groups in total. The average Bonchev–Trinajstić information content (AvgIpc) is 1.88. The summed E-state index contributed by atoms with van der Waals surface area (Å²) in [6.45, 7) is 0.818. The lowest BCUT2D eigenvalue weighted by molar-refractivity contribution is -0.121. The van der Waals surface area contributed by atoms with E-state index in [0.717, 1.165) is 0 Å². The van der Waals surface area contributed by atoms with Crippen molar-refractivity contribution in [2.45, 2.75) is 0 Å². The first kappa shape index (κ1) is 7.24. The van der Waals surface area contributed by atoms with Gasteiger partial charge in [-0.25, -0.2) is 10.1 Å². The van der Waals surface area contributed by atoms with Crippen molar-refractivity contribution in [1.82, 2.24) is 10.4 Å². The Balaban J connectivity index is 2.36. The van der Waals surface area contributed by atoms with Gasteiger partial charge in [0.25, 0.3) is 5.91 Å². The third-order valence-corrected chi connectivity index (χ3v) is 1.22. The molecule has 0 aromatic rings. The van der Waals surface area contributed by atoms with Crippen LogP contribution in [0.15, 0.2) is 12.2 Å². The minimum atomic E-state index is -0.186. The molecule has 0 aromatic heterocycles. The van der Waals surface area contributed by atoms with E-state index >= 15 is 0 Å². The Morgan fingerprint density at radius 1 is 1.70 bits per heavy atom. The summed E-state index contributed by atoms with van der Waals surface area (Å²) >= 11 is 0. The second-order valence-electron chi connectivity index (χ2n) is 2.03. The zero-order valence-corrected chi connectivity index (χ0v) is 5.54. The van der Waals surface area contributed by atoms with Crippen molar-refractivity contribution in [3.8, 4) is 0 Å². The van der Waals surface area contributed by atoms with E-state index in [2.05, 4.69) is 5.43 Å². The third-order valence-electron chi connectivity index (χ3n) is 1.22. The molecule has 0 saturated heterocycles. The number of amides is 1. The zero-order chi connectivity index (χ0) is 7.40. The van der Waals surface area contributed by atoms with E-state index in [4.69, 9.17) is 0 Å². The highest BCUT2D eigenvalue weighted by Crippen LogP contribution is 1.90. The average molecular weight is 141 g/mol. The quantitative estimate of drug-likeness (QED) is 0.554. The molecule has 0 spiro atoms. The smallest absolute Gasteiger partial charge is 0.258 e. The van der Waals surface area contributed by atoms with E-state index in [1.165, 1.54) is 6.08 Å². The van der Waals surface area contributed by atoms with Crippen molar-refractivity contribution in [2.75, 3.05) is 19.7 Å². The molecule has 0 aliphatic carbocycles. The van der Waals surface area contributed by atoms with Crippen LogP contribution in [0.5, 0.6) is 0 Å². The SMILES string of the molecule is [O]CCN1CC=CC(=O)N1. The molecule has 1 radical (unpaired) electrons. The molecule has 0 unspecified atom stereocenters. The highest BCUT2D eigenvalue weighted by molar-refractivity contribution is 5.87. The lowest BCUT2D eigenvalue weighted by Gasteiger charge is -2.21. The third kappa shape index (κ3) is 1.82. The summed E-state index contributed by atoms with van der Waals surface area (Å²) in [5.41, 5.74) is 2.52. The van der Waals surface area contributed by atoms with Crippen LogP contribution in [-0.4, -0.2) is 30.6 Å². The minimum absolute atomic E-state index is 0.153. The number of rotatable bonds is 2. The lowest BCUT2D eigenvalue weighted by atomic mass is 10.4. The molecule has 0 saturated carbocycles. The van der Waals surface area contributed by atoms with Gasteiger partial charge in [-0.1, -0.05) is 6.08 Å². The Bertz CT molecular complexity index is 156. The predicted molar refractivity (Wildman–Crippen MR) is 34.4 cm³/mol. The Morgan fingerprint density at radius 2 is 2.50 bits per heavy atom. The minimum Gasteiger partial charge on any atom is -0.285 e. The van der Waals surface area contributed by atoms with Crippen molar-refractivity contribution in [1.29, 1.82) is 0 Å². The summed E-state index contributed by atoms with van der Waals surface area (Å²) in [4.78, 5) is 10.6. The Kier molecular flexibility index (Phi) is 2.42. The van der Waals surface area contributed by atoms with E-state index < -0.39 is 0 Å². The number of hydrogen-bond donors (Lipinski definition) is 1. The van der Waals surface area contributed by atoms with E-state index in [0.29, 0.717) is 13.1 Å². The van der Waals surface area contributed by atoms with E-state index in [1.807, 2.05) is 0 Å². The van der Waals surface area contributed by atoms with Crippen LogP contribution < -0.4 is 5.43 Å². The van der Waals surface area contributed by atoms with Crippen LogP contribution >= 0.6 is 0 Å². The van der Waals surface area contributed by atoms with Crippen molar-refractivity contribution in [3.05, 3.63) is 12.2 Å². The molecule has 0 aromatic carbocycles. The number of nitrogens with one attached hydrogen (secondary N) is 1. The Labute approximate surface area is 59.1 Å². The number of carbonyl (C=O) groups excluding carboxylic acids is 1. The van der Waals surface area contributed by atoms with Crippen LogP contribution in [0.2, 0.25) is 0 Å². The Hall–Kier alpha value is -0.870. The maximum Gasteiger partial charge on any atom is 0.258 e. The summed E-state index contributed by atoms with van der Waals surface area (Å²) in [5.74, 6) is -0.153. The fraction of sp³-hybridized carbons (Fsp3) is 0.500. The van der Waals surface area contributed by atoms with Crippen LogP contribution in [0.1, 0.15) is 0 Å². The number of nitrogens with zero attached hydrogens (tertiary/aromatic N) is 1. The number of carbonyl (C=O) groups is 1. The fourth-order valence-corrected chi connectivity index (χ4v) is 0.783. The fourth-order valence-electron chi connectivity index (χ4n) is 0.783.